The average molecular weight is 371 g/mol. The van der Waals surface area contributed by atoms with E-state index in [1.54, 1.807) is 0 Å². The first kappa shape index (κ1) is 18.1. The standard InChI is InChI=1S/C19H12F3N3O2/c20-19(21,22)12-4-1-10(2-5-12)15-8-13(14(9-23)18(24)25-15)11-3-6-16(26)17(27)7-11/h1-8,26-27H,(H2,24,25). The number of nitrogens with two attached hydrogens (primary N) is 1. The molecule has 4 N–H and O–H groups in total. The van der Waals surface area contributed by atoms with Gasteiger partial charge in [-0.15, -0.1) is 0 Å². The number of benzene rings is 2. The van der Waals surface area contributed by atoms with Crippen LogP contribution in [-0.4, -0.2) is 15.2 Å². The highest BCUT2D eigenvalue weighted by Crippen LogP contribution is 2.36. The fraction of sp³-hybridized carbons (Fsp3) is 0.0526. The Bertz CT molecular complexity index is 1060. The van der Waals surface area contributed by atoms with Gasteiger partial charge in [-0.1, -0.05) is 18.2 Å². The van der Waals surface area contributed by atoms with Crippen molar-refractivity contribution in [2.45, 2.75) is 6.18 Å². The van der Waals surface area contributed by atoms with Crippen LogP contribution in [0.2, 0.25) is 0 Å². The summed E-state index contributed by atoms with van der Waals surface area (Å²) in [4.78, 5) is 4.09. The van der Waals surface area contributed by atoms with Gasteiger partial charge in [-0.05, 0) is 35.9 Å². The first-order valence-corrected chi connectivity index (χ1v) is 7.61. The van der Waals surface area contributed by atoms with Gasteiger partial charge in [0, 0.05) is 11.1 Å². The Balaban J connectivity index is 2.15. The number of nitriles is 1. The molecule has 0 fully saturated rings. The van der Waals surface area contributed by atoms with Gasteiger partial charge in [0.05, 0.1) is 11.3 Å². The van der Waals surface area contributed by atoms with Crippen molar-refractivity contribution < 1.29 is 23.4 Å². The molecule has 0 unspecified atom stereocenters. The average Bonchev–Trinajstić information content (AvgIpc) is 2.62. The van der Waals surface area contributed by atoms with E-state index < -0.39 is 11.7 Å². The quantitative estimate of drug-likeness (QED) is 0.583. The third-order valence-electron chi connectivity index (χ3n) is 3.95. The minimum atomic E-state index is -4.45. The molecule has 0 saturated carbocycles. The molecule has 136 valence electrons. The smallest absolute Gasteiger partial charge is 0.416 e. The third-order valence-corrected chi connectivity index (χ3v) is 3.95. The second-order valence-electron chi connectivity index (χ2n) is 5.71. The molecule has 1 heterocycles. The van der Waals surface area contributed by atoms with Crippen molar-refractivity contribution in [3.63, 3.8) is 0 Å². The summed E-state index contributed by atoms with van der Waals surface area (Å²) < 4.78 is 38.2. The second kappa shape index (κ2) is 6.53. The van der Waals surface area contributed by atoms with E-state index in [0.29, 0.717) is 16.7 Å². The van der Waals surface area contributed by atoms with E-state index in [-0.39, 0.29) is 28.6 Å². The van der Waals surface area contributed by atoms with Gasteiger partial charge in [0.25, 0.3) is 0 Å². The van der Waals surface area contributed by atoms with E-state index in [9.17, 15) is 28.6 Å². The summed E-state index contributed by atoms with van der Waals surface area (Å²) in [5.41, 5.74) is 6.47. The highest BCUT2D eigenvalue weighted by molar-refractivity contribution is 5.81. The molecule has 0 bridgehead atoms. The lowest BCUT2D eigenvalue weighted by molar-refractivity contribution is -0.137. The van der Waals surface area contributed by atoms with Gasteiger partial charge in [0.15, 0.2) is 11.5 Å². The zero-order valence-corrected chi connectivity index (χ0v) is 13.6. The minimum absolute atomic E-state index is 0.0516. The van der Waals surface area contributed by atoms with Crippen LogP contribution >= 0.6 is 0 Å². The molecule has 5 nitrogen and oxygen atoms in total. The number of nitrogens with zero attached hydrogens (tertiary/aromatic N) is 2. The fourth-order valence-electron chi connectivity index (χ4n) is 2.58. The Kier molecular flexibility index (Phi) is 4.37. The minimum Gasteiger partial charge on any atom is -0.504 e. The van der Waals surface area contributed by atoms with Crippen molar-refractivity contribution in [2.24, 2.45) is 0 Å². The number of rotatable bonds is 2. The fourth-order valence-corrected chi connectivity index (χ4v) is 2.58. The van der Waals surface area contributed by atoms with Crippen LogP contribution < -0.4 is 5.73 Å². The largest absolute Gasteiger partial charge is 0.504 e. The lowest BCUT2D eigenvalue weighted by Gasteiger charge is -2.12. The van der Waals surface area contributed by atoms with Crippen molar-refractivity contribution in [2.75, 3.05) is 5.73 Å². The Hall–Kier alpha value is -3.73. The van der Waals surface area contributed by atoms with Gasteiger partial charge in [-0.2, -0.15) is 18.4 Å². The second-order valence-corrected chi connectivity index (χ2v) is 5.71. The van der Waals surface area contributed by atoms with Crippen LogP contribution in [0.15, 0.2) is 48.5 Å². The number of alkyl halides is 3. The monoisotopic (exact) mass is 371 g/mol. The van der Waals surface area contributed by atoms with Gasteiger partial charge in [0.1, 0.15) is 17.5 Å². The number of phenols is 2. The molecule has 8 heteroatoms. The number of phenolic OH excluding ortho intramolecular Hbond substituents is 2. The Labute approximate surface area is 151 Å². The van der Waals surface area contributed by atoms with Crippen molar-refractivity contribution >= 4 is 5.82 Å². The molecule has 0 amide bonds. The molecule has 3 rings (SSSR count). The number of halogens is 3. The van der Waals surface area contributed by atoms with E-state index >= 15 is 0 Å². The van der Waals surface area contributed by atoms with Gasteiger partial charge in [-0.25, -0.2) is 4.98 Å². The molecular formula is C19H12F3N3O2. The van der Waals surface area contributed by atoms with Crippen LogP contribution in [0.5, 0.6) is 11.5 Å². The molecule has 2 aromatic carbocycles. The first-order valence-electron chi connectivity index (χ1n) is 7.61. The zero-order chi connectivity index (χ0) is 19.8. The molecule has 0 aliphatic heterocycles. The SMILES string of the molecule is N#Cc1c(-c2ccc(O)c(O)c2)cc(-c2ccc(C(F)(F)F)cc2)nc1N. The van der Waals surface area contributed by atoms with Crippen LogP contribution in [0.1, 0.15) is 11.1 Å². The molecule has 0 radical (unpaired) electrons. The number of hydrogen-bond donors (Lipinski definition) is 3. The van der Waals surface area contributed by atoms with E-state index in [1.165, 1.54) is 36.4 Å². The third kappa shape index (κ3) is 3.48. The Morgan fingerprint density at radius 2 is 1.56 bits per heavy atom. The maximum Gasteiger partial charge on any atom is 0.416 e. The van der Waals surface area contributed by atoms with Crippen molar-refractivity contribution in [1.29, 1.82) is 5.26 Å². The van der Waals surface area contributed by atoms with Gasteiger partial charge in [0.2, 0.25) is 0 Å². The number of nitrogen functional groups attached to an aromatic ring is 1. The summed E-state index contributed by atoms with van der Waals surface area (Å²) in [6, 6.07) is 11.8. The number of anilines is 1. The van der Waals surface area contributed by atoms with Gasteiger partial charge >= 0.3 is 6.18 Å². The summed E-state index contributed by atoms with van der Waals surface area (Å²) in [7, 11) is 0. The molecule has 27 heavy (non-hydrogen) atoms. The van der Waals surface area contributed by atoms with Gasteiger partial charge < -0.3 is 15.9 Å². The summed E-state index contributed by atoms with van der Waals surface area (Å²) in [6.07, 6.45) is -4.45. The molecule has 0 saturated heterocycles. The molecule has 0 aliphatic rings. The number of aromatic nitrogens is 1. The van der Waals surface area contributed by atoms with Crippen LogP contribution in [-0.2, 0) is 6.18 Å². The molecular weight excluding hydrogens is 359 g/mol. The first-order chi connectivity index (χ1) is 12.7. The number of pyridine rings is 1. The predicted octanol–water partition coefficient (Wildman–Crippen LogP) is 4.30. The van der Waals surface area contributed by atoms with Gasteiger partial charge in [-0.3, -0.25) is 0 Å². The van der Waals surface area contributed by atoms with Crippen molar-refractivity contribution in [3.8, 4) is 40.0 Å². The van der Waals surface area contributed by atoms with Crippen LogP contribution in [0.4, 0.5) is 19.0 Å². The summed E-state index contributed by atoms with van der Waals surface area (Å²) in [6.45, 7) is 0. The topological polar surface area (TPSA) is 103 Å². The number of aromatic hydroxyl groups is 2. The van der Waals surface area contributed by atoms with Crippen molar-refractivity contribution in [3.05, 3.63) is 59.7 Å². The van der Waals surface area contributed by atoms with E-state index in [2.05, 4.69) is 4.98 Å². The van der Waals surface area contributed by atoms with Crippen molar-refractivity contribution in [1.82, 2.24) is 4.98 Å². The van der Waals surface area contributed by atoms with Crippen LogP contribution in [0.25, 0.3) is 22.4 Å². The maximum atomic E-state index is 12.7. The normalized spacial score (nSPS) is 11.2. The molecule has 1 aromatic heterocycles. The molecule has 0 atom stereocenters. The molecule has 0 aliphatic carbocycles. The highest BCUT2D eigenvalue weighted by atomic mass is 19.4. The maximum absolute atomic E-state index is 12.7. The van der Waals surface area contributed by atoms with E-state index in [1.807, 2.05) is 6.07 Å². The lowest BCUT2D eigenvalue weighted by atomic mass is 9.97. The molecule has 3 aromatic rings. The summed E-state index contributed by atoms with van der Waals surface area (Å²) >= 11 is 0. The van der Waals surface area contributed by atoms with E-state index in [4.69, 9.17) is 5.73 Å². The van der Waals surface area contributed by atoms with Crippen LogP contribution in [0.3, 0.4) is 0 Å². The summed E-state index contributed by atoms with van der Waals surface area (Å²) in [5, 5.41) is 28.5. The number of hydrogen-bond acceptors (Lipinski definition) is 5. The Morgan fingerprint density at radius 1 is 0.926 bits per heavy atom. The summed E-state index contributed by atoms with van der Waals surface area (Å²) in [5.74, 6) is -0.817. The predicted molar refractivity (Wildman–Crippen MR) is 92.6 cm³/mol. The lowest BCUT2D eigenvalue weighted by Crippen LogP contribution is -2.04. The van der Waals surface area contributed by atoms with Crippen LogP contribution in [0, 0.1) is 11.3 Å². The zero-order valence-electron chi connectivity index (χ0n) is 13.6. The van der Waals surface area contributed by atoms with E-state index in [0.717, 1.165) is 12.1 Å². The molecule has 0 spiro atoms. The Morgan fingerprint density at radius 3 is 2.11 bits per heavy atom. The highest BCUT2D eigenvalue weighted by Gasteiger charge is 2.30.